The molecular formula is C34H38N4O4. The highest BCUT2D eigenvalue weighted by Crippen LogP contribution is 2.35. The number of aliphatic carboxylic acids is 2. The van der Waals surface area contributed by atoms with Gasteiger partial charge in [-0.2, -0.15) is 0 Å². The van der Waals surface area contributed by atoms with Crippen LogP contribution in [0.3, 0.4) is 0 Å². The summed E-state index contributed by atoms with van der Waals surface area (Å²) in [7, 11) is 2.09. The van der Waals surface area contributed by atoms with E-state index < -0.39 is 11.9 Å². The summed E-state index contributed by atoms with van der Waals surface area (Å²) < 4.78 is 2.20. The van der Waals surface area contributed by atoms with Crippen LogP contribution in [0.15, 0.2) is 43.5 Å². The summed E-state index contributed by atoms with van der Waals surface area (Å²) in [6, 6.07) is 10.4. The van der Waals surface area contributed by atoms with Gasteiger partial charge in [0.1, 0.15) is 0 Å². The van der Waals surface area contributed by atoms with Gasteiger partial charge in [0.05, 0.1) is 33.8 Å². The largest absolute Gasteiger partial charge is 0.481 e. The number of hydrogen-bond donors (Lipinski definition) is 3. The molecule has 0 amide bonds. The quantitative estimate of drug-likeness (QED) is 0.230. The third-order valence-corrected chi connectivity index (χ3v) is 7.07. The maximum Gasteiger partial charge on any atom is 0.303 e. The highest BCUT2D eigenvalue weighted by Gasteiger charge is 2.19. The van der Waals surface area contributed by atoms with Gasteiger partial charge in [0.2, 0.25) is 0 Å². The van der Waals surface area contributed by atoms with Crippen LogP contribution in [-0.4, -0.2) is 41.7 Å². The predicted molar refractivity (Wildman–Crippen MR) is 173 cm³/mol. The smallest absolute Gasteiger partial charge is 0.303 e. The Morgan fingerprint density at radius 2 is 1.38 bits per heavy atom. The molecule has 2 aliphatic rings. The van der Waals surface area contributed by atoms with Crippen molar-refractivity contribution in [3.63, 3.8) is 0 Å². The number of carboxylic acids is 2. The second-order valence-corrected chi connectivity index (χ2v) is 9.84. The number of carbonyl (C=O) groups is 2. The molecule has 2 aliphatic heterocycles. The molecule has 0 atom stereocenters. The van der Waals surface area contributed by atoms with Crippen molar-refractivity contribution in [2.24, 2.45) is 7.05 Å². The molecule has 3 aromatic rings. The first-order chi connectivity index (χ1) is 19.9. The molecular weight excluding hydrogens is 528 g/mol. The Kier molecular flexibility index (Phi) is 10.2. The second-order valence-electron chi connectivity index (χ2n) is 9.84. The van der Waals surface area contributed by atoms with E-state index >= 15 is 0 Å². The lowest BCUT2D eigenvalue weighted by atomic mass is 10.0. The first-order valence-corrected chi connectivity index (χ1v) is 13.7. The van der Waals surface area contributed by atoms with E-state index in [4.69, 9.17) is 20.2 Å². The fraction of sp³-hybridized carbons (Fsp3) is 0.235. The molecule has 5 heterocycles. The number of carboxylic acid groups (broad SMARTS) is 2. The predicted octanol–water partition coefficient (Wildman–Crippen LogP) is 8.00. The molecule has 0 saturated heterocycles. The zero-order chi connectivity index (χ0) is 31.1. The lowest BCUT2D eigenvalue weighted by Crippen LogP contribution is -1.93. The molecule has 218 valence electrons. The number of aromatic amines is 1. The van der Waals surface area contributed by atoms with Gasteiger partial charge in [-0.3, -0.25) is 9.59 Å². The van der Waals surface area contributed by atoms with E-state index in [1.165, 1.54) is 11.1 Å². The summed E-state index contributed by atoms with van der Waals surface area (Å²) in [4.78, 5) is 32.1. The van der Waals surface area contributed by atoms with Crippen molar-refractivity contribution in [1.29, 1.82) is 0 Å². The van der Waals surface area contributed by atoms with E-state index in [9.17, 15) is 9.59 Å². The monoisotopic (exact) mass is 566 g/mol. The van der Waals surface area contributed by atoms with Gasteiger partial charge in [0.25, 0.3) is 0 Å². The average Bonchev–Trinajstić information content (AvgIpc) is 3.73. The molecule has 0 aliphatic carbocycles. The van der Waals surface area contributed by atoms with Crippen LogP contribution in [0.4, 0.5) is 0 Å². The summed E-state index contributed by atoms with van der Waals surface area (Å²) in [5.74, 6) is -1.49. The number of fused-ring (bicyclic) bond motifs is 8. The number of aryl methyl sites for hydroxylation is 2. The molecule has 0 aromatic carbocycles. The van der Waals surface area contributed by atoms with Crippen molar-refractivity contribution in [3.8, 4) is 0 Å². The number of nitrogens with zero attached hydrogens (tertiary/aromatic N) is 3. The van der Waals surface area contributed by atoms with Gasteiger partial charge in [0, 0.05) is 42.0 Å². The van der Waals surface area contributed by atoms with Crippen molar-refractivity contribution >= 4 is 69.5 Å². The number of H-pyrrole nitrogens is 1. The molecule has 0 radical (unpaired) electrons. The Bertz CT molecular complexity index is 1770. The van der Waals surface area contributed by atoms with Gasteiger partial charge in [-0.1, -0.05) is 39.2 Å². The molecule has 42 heavy (non-hydrogen) atoms. The SMILES string of the molecule is C=Cc1c(C=C)c2c(C)c3nc(cc4ccc(cc5nc(cc1n2C)C=C5)[nH]4)C(C)=C3C.CCC(=O)O.CCC(=O)O. The van der Waals surface area contributed by atoms with Crippen LogP contribution in [-0.2, 0) is 16.6 Å². The normalized spacial score (nSPS) is 11.7. The molecule has 0 spiro atoms. The first kappa shape index (κ1) is 31.5. The van der Waals surface area contributed by atoms with Crippen LogP contribution in [0.5, 0.6) is 0 Å². The zero-order valence-corrected chi connectivity index (χ0v) is 25.1. The first-order valence-electron chi connectivity index (χ1n) is 13.7. The van der Waals surface area contributed by atoms with E-state index in [-0.39, 0.29) is 12.8 Å². The summed E-state index contributed by atoms with van der Waals surface area (Å²) in [5.41, 5.74) is 13.6. The van der Waals surface area contributed by atoms with Crippen LogP contribution >= 0.6 is 0 Å². The third-order valence-electron chi connectivity index (χ3n) is 7.07. The summed E-state index contributed by atoms with van der Waals surface area (Å²) in [6.45, 7) is 17.8. The van der Waals surface area contributed by atoms with Crippen LogP contribution in [0.25, 0.3) is 57.5 Å². The van der Waals surface area contributed by atoms with Crippen LogP contribution in [0.2, 0.25) is 0 Å². The Morgan fingerprint density at radius 3 is 1.90 bits per heavy atom. The maximum absolute atomic E-state index is 9.37. The van der Waals surface area contributed by atoms with Gasteiger partial charge in [0.15, 0.2) is 0 Å². The van der Waals surface area contributed by atoms with E-state index in [1.807, 2.05) is 24.3 Å². The highest BCUT2D eigenvalue weighted by atomic mass is 16.4. The Balaban J connectivity index is 0.000000420. The Hall–Kier alpha value is -4.98. The summed E-state index contributed by atoms with van der Waals surface area (Å²) in [5, 5.41) is 15.4. The van der Waals surface area contributed by atoms with E-state index in [2.05, 4.69) is 80.9 Å². The minimum absolute atomic E-state index is 0.222. The van der Waals surface area contributed by atoms with Crippen molar-refractivity contribution in [2.45, 2.75) is 47.5 Å². The summed E-state index contributed by atoms with van der Waals surface area (Å²) >= 11 is 0. The lowest BCUT2D eigenvalue weighted by Gasteiger charge is -2.04. The van der Waals surface area contributed by atoms with Gasteiger partial charge in [-0.05, 0) is 80.0 Å². The lowest BCUT2D eigenvalue weighted by molar-refractivity contribution is -0.137. The van der Waals surface area contributed by atoms with E-state index in [1.54, 1.807) is 13.8 Å². The fourth-order valence-electron chi connectivity index (χ4n) is 4.67. The molecule has 8 bridgehead atoms. The number of nitrogens with one attached hydrogen (secondary N) is 1. The van der Waals surface area contributed by atoms with E-state index in [0.717, 1.165) is 61.5 Å². The van der Waals surface area contributed by atoms with Crippen molar-refractivity contribution in [1.82, 2.24) is 19.5 Å². The highest BCUT2D eigenvalue weighted by molar-refractivity contribution is 5.96. The molecule has 0 fully saturated rings. The van der Waals surface area contributed by atoms with Crippen molar-refractivity contribution in [3.05, 3.63) is 83.0 Å². The third kappa shape index (κ3) is 6.83. The van der Waals surface area contributed by atoms with Crippen LogP contribution < -0.4 is 0 Å². The molecule has 0 saturated carbocycles. The van der Waals surface area contributed by atoms with Gasteiger partial charge in [-0.15, -0.1) is 0 Å². The maximum atomic E-state index is 9.37. The number of rotatable bonds is 4. The fourth-order valence-corrected chi connectivity index (χ4v) is 4.67. The topological polar surface area (TPSA) is 121 Å². The van der Waals surface area contributed by atoms with Gasteiger partial charge >= 0.3 is 11.9 Å². The molecule has 5 rings (SSSR count). The molecule has 8 heteroatoms. The Labute approximate surface area is 246 Å². The Morgan fingerprint density at radius 1 is 0.857 bits per heavy atom. The minimum Gasteiger partial charge on any atom is -0.481 e. The number of allylic oxidation sites excluding steroid dienone is 2. The van der Waals surface area contributed by atoms with E-state index in [0.29, 0.717) is 0 Å². The van der Waals surface area contributed by atoms with Crippen LogP contribution in [0, 0.1) is 6.92 Å². The molecule has 8 nitrogen and oxygen atoms in total. The van der Waals surface area contributed by atoms with Gasteiger partial charge < -0.3 is 19.8 Å². The van der Waals surface area contributed by atoms with Crippen molar-refractivity contribution in [2.75, 3.05) is 0 Å². The molecule has 3 N–H and O–H groups in total. The molecule has 3 aromatic heterocycles. The zero-order valence-electron chi connectivity index (χ0n) is 25.1. The minimum atomic E-state index is -0.745. The van der Waals surface area contributed by atoms with Gasteiger partial charge in [-0.25, -0.2) is 9.97 Å². The number of aromatic nitrogens is 4. The second kappa shape index (κ2) is 13.6. The number of hydrogen-bond acceptors (Lipinski definition) is 4. The standard InChI is InChI=1S/C28H26N4.2C3H6O2/c1-7-23-24(8-2)28-18(5)27-17(4)16(3)25(31-27)14-21-11-9-19(29-21)13-20-10-12-22(30-20)15-26(23)32(28)6;2*1-2-3(4)5/h7-15,29H,1-2H2,3-6H3;2*2H2,1H3,(H,4,5). The average molecular weight is 567 g/mol. The molecule has 0 unspecified atom stereocenters. The van der Waals surface area contributed by atoms with Crippen molar-refractivity contribution < 1.29 is 19.8 Å². The van der Waals surface area contributed by atoms with Crippen LogP contribution in [0.1, 0.15) is 80.0 Å². The summed E-state index contributed by atoms with van der Waals surface area (Å²) in [6.07, 6.45) is 8.34.